The monoisotopic (exact) mass is 289 g/mol. The molecule has 0 radical (unpaired) electrons. The van der Waals surface area contributed by atoms with Crippen LogP contribution in [0, 0.1) is 29.4 Å². The average Bonchev–Trinajstić information content (AvgIpc) is 2.45. The molecule has 1 aromatic rings. The zero-order valence-corrected chi connectivity index (χ0v) is 12.6. The molecule has 0 saturated heterocycles. The molecule has 0 bridgehead atoms. The number of nitrogens with one attached hydrogen (secondary N) is 1. The second-order valence-electron chi connectivity index (χ2n) is 4.93. The number of benzene rings is 1. The van der Waals surface area contributed by atoms with Gasteiger partial charge in [0.05, 0.1) is 17.0 Å². The summed E-state index contributed by atoms with van der Waals surface area (Å²) >= 11 is 0. The largest absolute Gasteiger partial charge is 0.331 e. The Morgan fingerprint density at radius 3 is 2.62 bits per heavy atom. The first-order chi connectivity index (χ1) is 9.77. The van der Waals surface area contributed by atoms with Gasteiger partial charge in [-0.1, -0.05) is 18.1 Å². The Morgan fingerprint density at radius 1 is 1.48 bits per heavy atom. The molecule has 0 heterocycles. The number of terminal acetylenes is 1. The van der Waals surface area contributed by atoms with Gasteiger partial charge in [0.25, 0.3) is 5.69 Å². The number of aryl methyl sites for hydroxylation is 1. The standard InChI is InChI=1S/C15H19N3O3/c1-6-11(3)17(5)15(19)16-12(4)13-8-7-10(2)14(9-13)18(20)21/h1,7-9,11-12H,2-5H3,(H,16,19)/t11-,12+/m0/s1. The van der Waals surface area contributed by atoms with Crippen molar-refractivity contribution in [3.8, 4) is 12.3 Å². The first-order valence-corrected chi connectivity index (χ1v) is 6.52. The van der Waals surface area contributed by atoms with E-state index in [4.69, 9.17) is 6.42 Å². The van der Waals surface area contributed by atoms with Gasteiger partial charge in [0.15, 0.2) is 0 Å². The first kappa shape index (κ1) is 16.5. The number of urea groups is 1. The van der Waals surface area contributed by atoms with Gasteiger partial charge in [-0.15, -0.1) is 6.42 Å². The van der Waals surface area contributed by atoms with Crippen LogP contribution in [-0.4, -0.2) is 28.9 Å². The average molecular weight is 289 g/mol. The van der Waals surface area contributed by atoms with E-state index in [0.29, 0.717) is 11.1 Å². The third-order valence-corrected chi connectivity index (χ3v) is 3.41. The van der Waals surface area contributed by atoms with Crippen molar-refractivity contribution in [1.29, 1.82) is 0 Å². The Labute approximate surface area is 124 Å². The third-order valence-electron chi connectivity index (χ3n) is 3.41. The van der Waals surface area contributed by atoms with Crippen LogP contribution in [-0.2, 0) is 0 Å². The van der Waals surface area contributed by atoms with E-state index in [1.54, 1.807) is 40.0 Å². The fourth-order valence-electron chi connectivity index (χ4n) is 1.75. The second-order valence-corrected chi connectivity index (χ2v) is 4.93. The molecule has 1 N–H and O–H groups in total. The van der Waals surface area contributed by atoms with Crippen molar-refractivity contribution in [1.82, 2.24) is 10.2 Å². The molecule has 2 atom stereocenters. The van der Waals surface area contributed by atoms with E-state index in [1.165, 1.54) is 11.0 Å². The number of hydrogen-bond acceptors (Lipinski definition) is 3. The van der Waals surface area contributed by atoms with Gasteiger partial charge in [-0.25, -0.2) is 4.79 Å². The van der Waals surface area contributed by atoms with Crippen molar-refractivity contribution < 1.29 is 9.72 Å². The lowest BCUT2D eigenvalue weighted by Gasteiger charge is -2.24. The van der Waals surface area contributed by atoms with Crippen molar-refractivity contribution in [2.75, 3.05) is 7.05 Å². The van der Waals surface area contributed by atoms with Crippen LogP contribution in [0.4, 0.5) is 10.5 Å². The van der Waals surface area contributed by atoms with E-state index in [9.17, 15) is 14.9 Å². The van der Waals surface area contributed by atoms with E-state index in [-0.39, 0.29) is 23.8 Å². The van der Waals surface area contributed by atoms with E-state index in [2.05, 4.69) is 11.2 Å². The van der Waals surface area contributed by atoms with Gasteiger partial charge in [0.1, 0.15) is 0 Å². The molecule has 0 unspecified atom stereocenters. The van der Waals surface area contributed by atoms with Gasteiger partial charge in [-0.05, 0) is 26.3 Å². The van der Waals surface area contributed by atoms with Crippen molar-refractivity contribution in [2.45, 2.75) is 32.9 Å². The van der Waals surface area contributed by atoms with Crippen LogP contribution < -0.4 is 5.32 Å². The van der Waals surface area contributed by atoms with E-state index in [0.717, 1.165) is 0 Å². The molecule has 21 heavy (non-hydrogen) atoms. The van der Waals surface area contributed by atoms with E-state index in [1.807, 2.05) is 0 Å². The summed E-state index contributed by atoms with van der Waals surface area (Å²) in [6.45, 7) is 5.18. The summed E-state index contributed by atoms with van der Waals surface area (Å²) in [6, 6.07) is 3.90. The maximum absolute atomic E-state index is 12.0. The van der Waals surface area contributed by atoms with Crippen LogP contribution in [0.2, 0.25) is 0 Å². The van der Waals surface area contributed by atoms with Gasteiger partial charge in [-0.2, -0.15) is 0 Å². The molecule has 0 aliphatic heterocycles. The van der Waals surface area contributed by atoms with Crippen molar-refractivity contribution in [2.24, 2.45) is 0 Å². The Morgan fingerprint density at radius 2 is 2.10 bits per heavy atom. The lowest BCUT2D eigenvalue weighted by Crippen LogP contribution is -2.42. The maximum Gasteiger partial charge on any atom is 0.318 e. The molecule has 112 valence electrons. The molecule has 2 amide bonds. The molecule has 6 heteroatoms. The summed E-state index contributed by atoms with van der Waals surface area (Å²) in [5.41, 5.74) is 1.29. The molecule has 0 spiro atoms. The van der Waals surface area contributed by atoms with Gasteiger partial charge in [-0.3, -0.25) is 10.1 Å². The first-order valence-electron chi connectivity index (χ1n) is 6.52. The fourth-order valence-corrected chi connectivity index (χ4v) is 1.75. The number of carbonyl (C=O) groups excluding carboxylic acids is 1. The van der Waals surface area contributed by atoms with Gasteiger partial charge >= 0.3 is 6.03 Å². The Bertz CT molecular complexity index is 592. The molecule has 0 saturated carbocycles. The predicted molar refractivity (Wildman–Crippen MR) is 80.8 cm³/mol. The number of carbonyl (C=O) groups is 1. The summed E-state index contributed by atoms with van der Waals surface area (Å²) in [6.07, 6.45) is 5.28. The predicted octanol–water partition coefficient (Wildman–Crippen LogP) is 2.63. The Hall–Kier alpha value is -2.55. The highest BCUT2D eigenvalue weighted by Gasteiger charge is 2.19. The minimum atomic E-state index is -0.431. The third kappa shape index (κ3) is 3.96. The number of amides is 2. The van der Waals surface area contributed by atoms with E-state index >= 15 is 0 Å². The summed E-state index contributed by atoms with van der Waals surface area (Å²) in [4.78, 5) is 23.9. The van der Waals surface area contributed by atoms with Crippen LogP contribution in [0.15, 0.2) is 18.2 Å². The van der Waals surface area contributed by atoms with Crippen LogP contribution >= 0.6 is 0 Å². The molecule has 0 fully saturated rings. The molecule has 0 aliphatic rings. The molecule has 1 aromatic carbocycles. The highest BCUT2D eigenvalue weighted by Crippen LogP contribution is 2.23. The molecular formula is C15H19N3O3. The smallest absolute Gasteiger partial charge is 0.318 e. The molecule has 6 nitrogen and oxygen atoms in total. The SMILES string of the molecule is C#C[C@H](C)N(C)C(=O)N[C@H](C)c1ccc(C)c([N+](=O)[O-])c1. The van der Waals surface area contributed by atoms with E-state index < -0.39 is 4.92 Å². The van der Waals surface area contributed by atoms with Crippen molar-refractivity contribution in [3.05, 3.63) is 39.4 Å². The summed E-state index contributed by atoms with van der Waals surface area (Å²) in [5.74, 6) is 2.47. The van der Waals surface area contributed by atoms with Crippen molar-refractivity contribution >= 4 is 11.7 Å². The fraction of sp³-hybridized carbons (Fsp3) is 0.400. The highest BCUT2D eigenvalue weighted by molar-refractivity contribution is 5.75. The lowest BCUT2D eigenvalue weighted by atomic mass is 10.0. The number of nitro benzene ring substituents is 1. The number of nitrogens with zero attached hydrogens (tertiary/aromatic N) is 2. The second kappa shape index (κ2) is 6.75. The number of nitro groups is 1. The minimum absolute atomic E-state index is 0.0407. The molecule has 1 rings (SSSR count). The number of rotatable bonds is 4. The maximum atomic E-state index is 12.0. The molecule has 0 aromatic heterocycles. The zero-order chi connectivity index (χ0) is 16.2. The molecule has 0 aliphatic carbocycles. The summed E-state index contributed by atoms with van der Waals surface area (Å²) in [5, 5.41) is 13.7. The van der Waals surface area contributed by atoms with Gasteiger partial charge < -0.3 is 10.2 Å². The highest BCUT2D eigenvalue weighted by atomic mass is 16.6. The van der Waals surface area contributed by atoms with Gasteiger partial charge in [0.2, 0.25) is 0 Å². The molecular weight excluding hydrogens is 270 g/mol. The van der Waals surface area contributed by atoms with Gasteiger partial charge in [0, 0.05) is 18.7 Å². The quantitative estimate of drug-likeness (QED) is 0.526. The Kier molecular flexibility index (Phi) is 5.30. The van der Waals surface area contributed by atoms with Crippen LogP contribution in [0.5, 0.6) is 0 Å². The van der Waals surface area contributed by atoms with Crippen molar-refractivity contribution in [3.63, 3.8) is 0 Å². The summed E-state index contributed by atoms with van der Waals surface area (Å²) in [7, 11) is 1.60. The summed E-state index contributed by atoms with van der Waals surface area (Å²) < 4.78 is 0. The topological polar surface area (TPSA) is 75.5 Å². The van der Waals surface area contributed by atoms with Crippen LogP contribution in [0.25, 0.3) is 0 Å². The Balaban J connectivity index is 2.88. The minimum Gasteiger partial charge on any atom is -0.331 e. The van der Waals surface area contributed by atoms with Crippen LogP contribution in [0.1, 0.15) is 31.0 Å². The lowest BCUT2D eigenvalue weighted by molar-refractivity contribution is -0.385. The zero-order valence-electron chi connectivity index (χ0n) is 12.6. The number of hydrogen-bond donors (Lipinski definition) is 1. The normalized spacial score (nSPS) is 12.9. The van der Waals surface area contributed by atoms with Crippen LogP contribution in [0.3, 0.4) is 0 Å².